The first-order valence-electron chi connectivity index (χ1n) is 7.28. The number of carbonyl (C=O) groups is 1. The van der Waals surface area contributed by atoms with E-state index < -0.39 is 10.0 Å². The van der Waals surface area contributed by atoms with Crippen LogP contribution in [0.3, 0.4) is 0 Å². The van der Waals surface area contributed by atoms with E-state index in [1.54, 1.807) is 4.57 Å². The molecule has 1 aliphatic rings. The molecule has 7 heteroatoms. The Morgan fingerprint density at radius 2 is 2.10 bits per heavy atom. The lowest BCUT2D eigenvalue weighted by Crippen LogP contribution is -2.44. The summed E-state index contributed by atoms with van der Waals surface area (Å²) in [4.78, 5) is 14.5. The standard InChI is InChI=1S/C14H23N3O3S/c1-4-16-9-12(21(15,19)20)8-13(16)14(18)17-6-5-10(2)7-11(17)3/h8-11H,4-7H2,1-3H3,(H2,15,19,20). The Hall–Kier alpha value is -1.34. The van der Waals surface area contributed by atoms with Gasteiger partial charge in [0, 0.05) is 25.3 Å². The fourth-order valence-electron chi connectivity index (χ4n) is 2.94. The van der Waals surface area contributed by atoms with Crippen LogP contribution >= 0.6 is 0 Å². The second-order valence-corrected chi connectivity index (χ2v) is 7.43. The molecule has 1 saturated heterocycles. The molecule has 2 unspecified atom stereocenters. The molecular weight excluding hydrogens is 290 g/mol. The second kappa shape index (κ2) is 5.81. The van der Waals surface area contributed by atoms with Gasteiger partial charge in [0.1, 0.15) is 10.6 Å². The number of hydrogen-bond donors (Lipinski definition) is 1. The van der Waals surface area contributed by atoms with Crippen molar-refractivity contribution in [1.82, 2.24) is 9.47 Å². The molecule has 0 bridgehead atoms. The monoisotopic (exact) mass is 313 g/mol. The maximum absolute atomic E-state index is 12.7. The maximum atomic E-state index is 12.7. The molecule has 1 aliphatic heterocycles. The number of rotatable bonds is 3. The number of aryl methyl sites for hydroxylation is 1. The van der Waals surface area contributed by atoms with Crippen LogP contribution in [0.1, 0.15) is 44.1 Å². The fraction of sp³-hybridized carbons (Fsp3) is 0.643. The first kappa shape index (κ1) is 16.0. The van der Waals surface area contributed by atoms with Gasteiger partial charge >= 0.3 is 0 Å². The zero-order chi connectivity index (χ0) is 15.8. The minimum absolute atomic E-state index is 0.00858. The van der Waals surface area contributed by atoms with Crippen molar-refractivity contribution in [2.24, 2.45) is 11.1 Å². The minimum Gasteiger partial charge on any atom is -0.342 e. The van der Waals surface area contributed by atoms with E-state index >= 15 is 0 Å². The average Bonchev–Trinajstić information content (AvgIpc) is 2.82. The van der Waals surface area contributed by atoms with Crippen LogP contribution in [0.5, 0.6) is 0 Å². The van der Waals surface area contributed by atoms with Gasteiger partial charge in [0.25, 0.3) is 5.91 Å². The van der Waals surface area contributed by atoms with Crippen LogP contribution in [0.4, 0.5) is 0 Å². The third kappa shape index (κ3) is 3.29. The highest BCUT2D eigenvalue weighted by molar-refractivity contribution is 7.89. The van der Waals surface area contributed by atoms with Gasteiger partial charge in [-0.05, 0) is 38.7 Å². The van der Waals surface area contributed by atoms with Gasteiger partial charge in [0.05, 0.1) is 0 Å². The Morgan fingerprint density at radius 1 is 1.43 bits per heavy atom. The lowest BCUT2D eigenvalue weighted by molar-refractivity contribution is 0.0577. The van der Waals surface area contributed by atoms with Crippen molar-refractivity contribution in [2.45, 2.75) is 51.1 Å². The molecule has 6 nitrogen and oxygen atoms in total. The smallest absolute Gasteiger partial charge is 0.270 e. The number of sulfonamides is 1. The quantitative estimate of drug-likeness (QED) is 0.915. The summed E-state index contributed by atoms with van der Waals surface area (Å²) < 4.78 is 24.6. The van der Waals surface area contributed by atoms with Crippen LogP contribution in [0, 0.1) is 5.92 Å². The summed E-state index contributed by atoms with van der Waals surface area (Å²) in [6.45, 7) is 7.32. The summed E-state index contributed by atoms with van der Waals surface area (Å²) in [6.07, 6.45) is 3.38. The molecule has 0 radical (unpaired) electrons. The van der Waals surface area contributed by atoms with Gasteiger partial charge in [-0.15, -0.1) is 0 Å². The highest BCUT2D eigenvalue weighted by atomic mass is 32.2. The SMILES string of the molecule is CCn1cc(S(N)(=O)=O)cc1C(=O)N1CCC(C)CC1C. The zero-order valence-corrected chi connectivity index (χ0v) is 13.6. The van der Waals surface area contributed by atoms with Crippen LogP contribution in [0.2, 0.25) is 0 Å². The largest absolute Gasteiger partial charge is 0.342 e. The predicted molar refractivity (Wildman–Crippen MR) is 80.4 cm³/mol. The van der Waals surface area contributed by atoms with E-state index in [1.165, 1.54) is 12.3 Å². The summed E-state index contributed by atoms with van der Waals surface area (Å²) in [7, 11) is -3.79. The third-order valence-corrected chi connectivity index (χ3v) is 5.04. The van der Waals surface area contributed by atoms with Gasteiger partial charge in [-0.1, -0.05) is 6.92 Å². The van der Waals surface area contributed by atoms with E-state index in [4.69, 9.17) is 5.14 Å². The number of hydrogen-bond acceptors (Lipinski definition) is 3. The normalized spacial score (nSPS) is 23.3. The van der Waals surface area contributed by atoms with E-state index in [2.05, 4.69) is 6.92 Å². The van der Waals surface area contributed by atoms with E-state index in [1.807, 2.05) is 18.7 Å². The Balaban J connectivity index is 2.33. The second-order valence-electron chi connectivity index (χ2n) is 5.87. The van der Waals surface area contributed by atoms with Gasteiger partial charge in [-0.2, -0.15) is 0 Å². The summed E-state index contributed by atoms with van der Waals surface area (Å²) in [5, 5.41) is 5.15. The molecule has 2 rings (SSSR count). The maximum Gasteiger partial charge on any atom is 0.270 e. The lowest BCUT2D eigenvalue weighted by atomic mass is 9.93. The van der Waals surface area contributed by atoms with Crippen LogP contribution in [-0.4, -0.2) is 36.4 Å². The number of carbonyl (C=O) groups excluding carboxylic acids is 1. The summed E-state index contributed by atoms with van der Waals surface area (Å²) in [5.74, 6) is 0.494. The third-order valence-electron chi connectivity index (χ3n) is 4.16. The molecule has 21 heavy (non-hydrogen) atoms. The van der Waals surface area contributed by atoms with Crippen LogP contribution in [-0.2, 0) is 16.6 Å². The number of aromatic nitrogens is 1. The number of primary sulfonamides is 1. The molecule has 2 N–H and O–H groups in total. The van der Waals surface area contributed by atoms with Gasteiger partial charge in [-0.3, -0.25) is 4.79 Å². The minimum atomic E-state index is -3.79. The Morgan fingerprint density at radius 3 is 2.62 bits per heavy atom. The predicted octanol–water partition coefficient (Wildman–Crippen LogP) is 1.42. The van der Waals surface area contributed by atoms with Crippen molar-refractivity contribution in [3.8, 4) is 0 Å². The van der Waals surface area contributed by atoms with E-state index in [9.17, 15) is 13.2 Å². The van der Waals surface area contributed by atoms with E-state index in [-0.39, 0.29) is 16.8 Å². The number of piperidine rings is 1. The van der Waals surface area contributed by atoms with E-state index in [0.29, 0.717) is 24.7 Å². The molecular formula is C14H23N3O3S. The molecule has 0 saturated carbocycles. The number of nitrogens with zero attached hydrogens (tertiary/aromatic N) is 2. The molecule has 1 fully saturated rings. The molecule has 118 valence electrons. The molecule has 2 atom stereocenters. The van der Waals surface area contributed by atoms with Crippen molar-refractivity contribution < 1.29 is 13.2 Å². The van der Waals surface area contributed by atoms with Crippen molar-refractivity contribution in [2.75, 3.05) is 6.54 Å². The number of likely N-dealkylation sites (tertiary alicyclic amines) is 1. The van der Waals surface area contributed by atoms with Gasteiger partial charge in [0.15, 0.2) is 0 Å². The average molecular weight is 313 g/mol. The highest BCUT2D eigenvalue weighted by Gasteiger charge is 2.29. The highest BCUT2D eigenvalue weighted by Crippen LogP contribution is 2.25. The van der Waals surface area contributed by atoms with Gasteiger partial charge in [-0.25, -0.2) is 13.6 Å². The topological polar surface area (TPSA) is 85.4 Å². The summed E-state index contributed by atoms with van der Waals surface area (Å²) in [5.41, 5.74) is 0.392. The first-order valence-corrected chi connectivity index (χ1v) is 8.82. The molecule has 0 aromatic carbocycles. The number of amides is 1. The molecule has 1 amide bonds. The molecule has 2 heterocycles. The van der Waals surface area contributed by atoms with Crippen LogP contribution in [0.15, 0.2) is 17.2 Å². The molecule has 1 aromatic rings. The van der Waals surface area contributed by atoms with Crippen molar-refractivity contribution in [3.63, 3.8) is 0 Å². The van der Waals surface area contributed by atoms with E-state index in [0.717, 1.165) is 12.8 Å². The summed E-state index contributed by atoms with van der Waals surface area (Å²) >= 11 is 0. The summed E-state index contributed by atoms with van der Waals surface area (Å²) in [6, 6.07) is 1.55. The first-order chi connectivity index (χ1) is 9.74. The van der Waals surface area contributed by atoms with Crippen molar-refractivity contribution in [1.29, 1.82) is 0 Å². The fourth-order valence-corrected chi connectivity index (χ4v) is 3.49. The van der Waals surface area contributed by atoms with Gasteiger partial charge < -0.3 is 9.47 Å². The Bertz CT molecular complexity index is 636. The lowest BCUT2D eigenvalue weighted by Gasteiger charge is -2.36. The number of nitrogens with two attached hydrogens (primary N) is 1. The van der Waals surface area contributed by atoms with Crippen LogP contribution < -0.4 is 5.14 Å². The molecule has 0 aliphatic carbocycles. The molecule has 0 spiro atoms. The van der Waals surface area contributed by atoms with Gasteiger partial charge in [0.2, 0.25) is 10.0 Å². The van der Waals surface area contributed by atoms with Crippen molar-refractivity contribution >= 4 is 15.9 Å². The van der Waals surface area contributed by atoms with Crippen molar-refractivity contribution in [3.05, 3.63) is 18.0 Å². The Labute approximate surface area is 126 Å². The Kier molecular flexibility index (Phi) is 4.43. The molecule has 1 aromatic heterocycles. The van der Waals surface area contributed by atoms with Crippen LogP contribution in [0.25, 0.3) is 0 Å². The zero-order valence-electron chi connectivity index (χ0n) is 12.7.